The molecule has 6 nitrogen and oxygen atoms in total. The maximum absolute atomic E-state index is 13.3. The maximum Gasteiger partial charge on any atom is 0.313 e. The highest BCUT2D eigenvalue weighted by atomic mass is 35.5. The van der Waals surface area contributed by atoms with Crippen molar-refractivity contribution in [2.24, 2.45) is 5.11 Å². The molecule has 0 unspecified atom stereocenters. The van der Waals surface area contributed by atoms with Gasteiger partial charge in [-0.25, -0.2) is 0 Å². The zero-order chi connectivity index (χ0) is 18.6. The van der Waals surface area contributed by atoms with Gasteiger partial charge in [0.15, 0.2) is 0 Å². The highest BCUT2D eigenvalue weighted by Crippen LogP contribution is 2.32. The van der Waals surface area contributed by atoms with Crippen LogP contribution in [-0.4, -0.2) is 22.1 Å². The molecule has 0 saturated heterocycles. The van der Waals surface area contributed by atoms with E-state index in [2.05, 4.69) is 15.0 Å². The minimum Gasteiger partial charge on any atom is -0.481 e. The van der Waals surface area contributed by atoms with Crippen LogP contribution < -0.4 is 0 Å². The number of rotatable bonds is 6. The second-order valence-electron chi connectivity index (χ2n) is 5.38. The van der Waals surface area contributed by atoms with Crippen LogP contribution in [0.3, 0.4) is 0 Å². The monoisotopic (exact) mass is 366 g/mol. The van der Waals surface area contributed by atoms with E-state index < -0.39 is 29.5 Å². The minimum absolute atomic E-state index is 0.329. The van der Waals surface area contributed by atoms with E-state index in [0.29, 0.717) is 23.1 Å². The lowest BCUT2D eigenvalue weighted by Gasteiger charge is -2.22. The Labute approximate surface area is 146 Å². The molecule has 1 aromatic carbocycles. The summed E-state index contributed by atoms with van der Waals surface area (Å²) < 4.78 is 26.6. The predicted octanol–water partition coefficient (Wildman–Crippen LogP) is 4.74. The number of carbonyl (C=O) groups is 1. The molecule has 9 heteroatoms. The third-order valence-electron chi connectivity index (χ3n) is 3.57. The standard InChI is InChI=1S/C16H13ClF2N4O2/c1-16(18,19)12-7-4-10(8-21-12)13(14(15(24)25)22-23-20)9-2-5-11(17)6-3-9/h2-8,13-14H,1H3,(H,24,25)/t13-,14-/m0/s1. The molecule has 130 valence electrons. The number of aliphatic carboxylic acids is 1. The summed E-state index contributed by atoms with van der Waals surface area (Å²) in [6.45, 7) is 0.714. The molecule has 2 aromatic rings. The molecule has 0 saturated carbocycles. The Bertz CT molecular complexity index is 798. The van der Waals surface area contributed by atoms with Gasteiger partial charge in [-0.1, -0.05) is 34.9 Å². The molecule has 0 amide bonds. The van der Waals surface area contributed by atoms with E-state index in [1.807, 2.05) is 0 Å². The number of carboxylic acids is 1. The van der Waals surface area contributed by atoms with Crippen LogP contribution in [0.2, 0.25) is 5.02 Å². The number of carboxylic acid groups (broad SMARTS) is 1. The van der Waals surface area contributed by atoms with Gasteiger partial charge in [-0.2, -0.15) is 8.78 Å². The van der Waals surface area contributed by atoms with E-state index >= 15 is 0 Å². The van der Waals surface area contributed by atoms with Crippen molar-refractivity contribution in [3.05, 3.63) is 74.9 Å². The third-order valence-corrected chi connectivity index (χ3v) is 3.82. The lowest BCUT2D eigenvalue weighted by atomic mass is 9.86. The van der Waals surface area contributed by atoms with Crippen LogP contribution in [0.15, 0.2) is 47.7 Å². The average molecular weight is 367 g/mol. The quantitative estimate of drug-likeness (QED) is 0.454. The molecule has 0 spiro atoms. The number of alkyl halides is 2. The molecular weight excluding hydrogens is 354 g/mol. The Balaban J connectivity index is 2.56. The van der Waals surface area contributed by atoms with Crippen LogP contribution in [-0.2, 0) is 10.7 Å². The molecule has 2 atom stereocenters. The lowest BCUT2D eigenvalue weighted by molar-refractivity contribution is -0.138. The Morgan fingerprint density at radius 1 is 1.28 bits per heavy atom. The number of pyridine rings is 1. The lowest BCUT2D eigenvalue weighted by Crippen LogP contribution is -2.27. The van der Waals surface area contributed by atoms with Crippen molar-refractivity contribution in [1.82, 2.24) is 4.98 Å². The van der Waals surface area contributed by atoms with Gasteiger partial charge in [0.05, 0.1) is 0 Å². The van der Waals surface area contributed by atoms with Gasteiger partial charge in [0.25, 0.3) is 5.92 Å². The third kappa shape index (κ3) is 4.43. The summed E-state index contributed by atoms with van der Waals surface area (Å²) in [5.74, 6) is -5.37. The molecular formula is C16H13ClF2N4O2. The molecule has 0 aliphatic carbocycles. The first-order chi connectivity index (χ1) is 11.7. The fourth-order valence-corrected chi connectivity index (χ4v) is 2.52. The summed E-state index contributed by atoms with van der Waals surface area (Å²) in [5, 5.41) is 13.2. The summed E-state index contributed by atoms with van der Waals surface area (Å²) in [6.07, 6.45) is 1.16. The number of halogens is 3. The topological polar surface area (TPSA) is 99.0 Å². The zero-order valence-electron chi connectivity index (χ0n) is 13.0. The molecule has 0 bridgehead atoms. The van der Waals surface area contributed by atoms with E-state index in [1.165, 1.54) is 6.07 Å². The number of benzene rings is 1. The van der Waals surface area contributed by atoms with Gasteiger partial charge >= 0.3 is 5.97 Å². The van der Waals surface area contributed by atoms with Crippen molar-refractivity contribution >= 4 is 17.6 Å². The molecule has 1 aromatic heterocycles. The molecule has 1 heterocycles. The van der Waals surface area contributed by atoms with Gasteiger partial charge in [-0.3, -0.25) is 9.78 Å². The molecule has 25 heavy (non-hydrogen) atoms. The van der Waals surface area contributed by atoms with Gasteiger partial charge in [0, 0.05) is 29.0 Å². The number of azide groups is 1. The Kier molecular flexibility index (Phi) is 5.56. The van der Waals surface area contributed by atoms with Crippen molar-refractivity contribution in [2.45, 2.75) is 24.8 Å². The molecule has 0 fully saturated rings. The maximum atomic E-state index is 13.3. The summed E-state index contributed by atoms with van der Waals surface area (Å²) in [7, 11) is 0. The van der Waals surface area contributed by atoms with Crippen LogP contribution >= 0.6 is 11.6 Å². The smallest absolute Gasteiger partial charge is 0.313 e. The average Bonchev–Trinajstić information content (AvgIpc) is 2.55. The van der Waals surface area contributed by atoms with Crippen LogP contribution in [0.5, 0.6) is 0 Å². The highest BCUT2D eigenvalue weighted by Gasteiger charge is 2.32. The van der Waals surface area contributed by atoms with Crippen molar-refractivity contribution < 1.29 is 18.7 Å². The number of nitrogens with zero attached hydrogens (tertiary/aromatic N) is 4. The van der Waals surface area contributed by atoms with E-state index in [-0.39, 0.29) is 0 Å². The molecule has 0 aliphatic rings. The minimum atomic E-state index is -3.12. The fraction of sp³-hybridized carbons (Fsp3) is 0.250. The van der Waals surface area contributed by atoms with Crippen LogP contribution in [0.1, 0.15) is 29.7 Å². The van der Waals surface area contributed by atoms with Gasteiger partial charge in [-0.15, -0.1) is 0 Å². The first-order valence-corrected chi connectivity index (χ1v) is 7.48. The summed E-state index contributed by atoms with van der Waals surface area (Å²) >= 11 is 5.84. The molecule has 0 radical (unpaired) electrons. The first kappa shape index (κ1) is 18.6. The van der Waals surface area contributed by atoms with Crippen LogP contribution in [0, 0.1) is 0 Å². The number of aromatic nitrogens is 1. The first-order valence-electron chi connectivity index (χ1n) is 7.10. The summed E-state index contributed by atoms with van der Waals surface area (Å²) in [4.78, 5) is 17.8. The second-order valence-corrected chi connectivity index (χ2v) is 5.82. The van der Waals surface area contributed by atoms with Crippen LogP contribution in [0.4, 0.5) is 8.78 Å². The van der Waals surface area contributed by atoms with Crippen molar-refractivity contribution in [1.29, 1.82) is 0 Å². The molecule has 0 aliphatic heterocycles. The largest absolute Gasteiger partial charge is 0.481 e. The molecule has 2 rings (SSSR count). The Morgan fingerprint density at radius 3 is 2.32 bits per heavy atom. The van der Waals surface area contributed by atoms with E-state index in [0.717, 1.165) is 12.3 Å². The van der Waals surface area contributed by atoms with Crippen molar-refractivity contribution in [3.63, 3.8) is 0 Å². The van der Waals surface area contributed by atoms with Gasteiger partial charge < -0.3 is 5.11 Å². The number of hydrogen-bond acceptors (Lipinski definition) is 3. The fourth-order valence-electron chi connectivity index (χ4n) is 2.39. The van der Waals surface area contributed by atoms with Crippen molar-refractivity contribution in [3.8, 4) is 0 Å². The SMILES string of the molecule is CC(F)(F)c1ccc([C@H](c2ccc(Cl)cc2)[C@H](N=[N+]=[N-])C(=O)O)cn1. The molecule has 1 N–H and O–H groups in total. The highest BCUT2D eigenvalue weighted by molar-refractivity contribution is 6.30. The Morgan fingerprint density at radius 2 is 1.88 bits per heavy atom. The van der Waals surface area contributed by atoms with Gasteiger partial charge in [-0.05, 0) is 34.9 Å². The Hall–Kier alpha value is -2.70. The summed E-state index contributed by atoms with van der Waals surface area (Å²) in [5.41, 5.74) is 9.07. The zero-order valence-corrected chi connectivity index (χ0v) is 13.7. The predicted molar refractivity (Wildman–Crippen MR) is 87.7 cm³/mol. The van der Waals surface area contributed by atoms with E-state index in [1.54, 1.807) is 24.3 Å². The van der Waals surface area contributed by atoms with Gasteiger partial charge in [0.1, 0.15) is 11.7 Å². The number of hydrogen-bond donors (Lipinski definition) is 1. The summed E-state index contributed by atoms with van der Waals surface area (Å²) in [6, 6.07) is 7.27. The second kappa shape index (κ2) is 7.46. The normalized spacial score (nSPS) is 13.6. The van der Waals surface area contributed by atoms with Gasteiger partial charge in [0.2, 0.25) is 0 Å². The van der Waals surface area contributed by atoms with Crippen LogP contribution in [0.25, 0.3) is 10.4 Å². The van der Waals surface area contributed by atoms with E-state index in [4.69, 9.17) is 17.1 Å². The van der Waals surface area contributed by atoms with Crippen molar-refractivity contribution in [2.75, 3.05) is 0 Å². The van der Waals surface area contributed by atoms with E-state index in [9.17, 15) is 18.7 Å².